The van der Waals surface area contributed by atoms with Crippen LogP contribution in [-0.2, 0) is 16.7 Å². The minimum absolute atomic E-state index is 0.140. The molecule has 1 aromatic heterocycles. The average Bonchev–Trinajstić information content (AvgIpc) is 3.48. The summed E-state index contributed by atoms with van der Waals surface area (Å²) in [7, 11) is -4.35. The number of carboxylic acid groups (broad SMARTS) is 1. The molecule has 2 heterocycles. The van der Waals surface area contributed by atoms with Gasteiger partial charge in [-0.2, -0.15) is 4.57 Å². The SMILES string of the molecule is CCC(=Cc1sc2ccc(C(=O)O)cc2[n+]1CCCS(=O)(=O)[O-])C=C1Sc2ccc(-c3ccccc3)cc2N1CC. The molecule has 0 atom stereocenters. The van der Waals surface area contributed by atoms with Crippen LogP contribution in [0.1, 0.15) is 42.1 Å². The van der Waals surface area contributed by atoms with E-state index in [1.54, 1.807) is 30.0 Å². The minimum atomic E-state index is -4.35. The number of rotatable bonds is 10. The van der Waals surface area contributed by atoms with Crippen molar-refractivity contribution >= 4 is 61.2 Å². The molecule has 4 aromatic rings. The van der Waals surface area contributed by atoms with Crippen LogP contribution in [0.3, 0.4) is 0 Å². The summed E-state index contributed by atoms with van der Waals surface area (Å²) >= 11 is 3.25. The Balaban J connectivity index is 1.52. The number of carboxylic acids is 1. The molecular weight excluding hydrogens is 577 g/mol. The molecule has 0 fully saturated rings. The van der Waals surface area contributed by atoms with Crippen molar-refractivity contribution in [1.29, 1.82) is 0 Å². The van der Waals surface area contributed by atoms with Gasteiger partial charge in [-0.1, -0.05) is 66.4 Å². The van der Waals surface area contributed by atoms with Crippen LogP contribution in [0, 0.1) is 0 Å². The molecule has 0 bridgehead atoms. The molecule has 7 nitrogen and oxygen atoms in total. The van der Waals surface area contributed by atoms with E-state index in [9.17, 15) is 22.9 Å². The smallest absolute Gasteiger partial charge is 0.335 e. The normalized spacial score (nSPS) is 14.7. The van der Waals surface area contributed by atoms with Gasteiger partial charge in [0.1, 0.15) is 4.70 Å². The van der Waals surface area contributed by atoms with Crippen molar-refractivity contribution in [2.24, 2.45) is 0 Å². The van der Waals surface area contributed by atoms with Crippen molar-refractivity contribution < 1.29 is 27.4 Å². The maximum absolute atomic E-state index is 11.6. The molecule has 41 heavy (non-hydrogen) atoms. The van der Waals surface area contributed by atoms with E-state index in [0.29, 0.717) is 5.52 Å². The summed E-state index contributed by atoms with van der Waals surface area (Å²) in [5, 5.41) is 11.5. The Morgan fingerprint density at radius 2 is 1.83 bits per heavy atom. The number of carbonyl (C=O) groups is 1. The van der Waals surface area contributed by atoms with Gasteiger partial charge in [0.05, 0.1) is 26.4 Å². The highest BCUT2D eigenvalue weighted by atomic mass is 32.2. The minimum Gasteiger partial charge on any atom is -0.748 e. The van der Waals surface area contributed by atoms with Gasteiger partial charge in [0.25, 0.3) is 5.01 Å². The van der Waals surface area contributed by atoms with E-state index < -0.39 is 21.8 Å². The van der Waals surface area contributed by atoms with Gasteiger partial charge >= 0.3 is 5.97 Å². The van der Waals surface area contributed by atoms with Crippen molar-refractivity contribution in [2.75, 3.05) is 17.2 Å². The molecule has 1 aliphatic rings. The molecule has 10 heteroatoms. The zero-order valence-electron chi connectivity index (χ0n) is 22.7. The predicted molar refractivity (Wildman–Crippen MR) is 165 cm³/mol. The summed E-state index contributed by atoms with van der Waals surface area (Å²) in [5.41, 5.74) is 5.46. The zero-order chi connectivity index (χ0) is 29.1. The summed E-state index contributed by atoms with van der Waals surface area (Å²) in [6.07, 6.45) is 5.17. The van der Waals surface area contributed by atoms with E-state index in [2.05, 4.69) is 61.2 Å². The van der Waals surface area contributed by atoms with Gasteiger partial charge in [0.2, 0.25) is 5.52 Å². The molecule has 0 spiro atoms. The highest BCUT2D eigenvalue weighted by Gasteiger charge is 2.26. The summed E-state index contributed by atoms with van der Waals surface area (Å²) < 4.78 is 36.6. The van der Waals surface area contributed by atoms with Gasteiger partial charge in [-0.25, -0.2) is 13.2 Å². The molecule has 212 valence electrons. The summed E-state index contributed by atoms with van der Waals surface area (Å²) in [4.78, 5) is 15.1. The molecule has 0 saturated carbocycles. The van der Waals surface area contributed by atoms with Gasteiger partial charge in [-0.15, -0.1) is 0 Å². The number of fused-ring (bicyclic) bond motifs is 2. The van der Waals surface area contributed by atoms with Gasteiger partial charge in [-0.05, 0) is 60.4 Å². The van der Waals surface area contributed by atoms with Crippen LogP contribution in [0.25, 0.3) is 27.4 Å². The number of aromatic nitrogens is 1. The number of anilines is 1. The van der Waals surface area contributed by atoms with E-state index in [1.165, 1.54) is 33.0 Å². The van der Waals surface area contributed by atoms with E-state index >= 15 is 0 Å². The first-order valence-corrected chi connectivity index (χ1v) is 16.6. The molecule has 0 amide bonds. The fourth-order valence-electron chi connectivity index (χ4n) is 4.88. The number of aryl methyl sites for hydroxylation is 1. The molecule has 0 radical (unpaired) electrons. The molecule has 0 saturated heterocycles. The Labute approximate surface area is 248 Å². The van der Waals surface area contributed by atoms with E-state index in [4.69, 9.17) is 0 Å². The predicted octanol–water partition coefficient (Wildman–Crippen LogP) is 6.76. The van der Waals surface area contributed by atoms with E-state index in [0.717, 1.165) is 33.3 Å². The second-order valence-electron chi connectivity index (χ2n) is 9.65. The molecule has 3 aromatic carbocycles. The lowest BCUT2D eigenvalue weighted by Gasteiger charge is -2.19. The van der Waals surface area contributed by atoms with Crippen molar-refractivity contribution in [3.8, 4) is 11.1 Å². The number of nitrogens with zero attached hydrogens (tertiary/aromatic N) is 2. The number of thiazole rings is 1. The molecule has 0 aliphatic carbocycles. The fraction of sp³-hybridized carbons (Fsp3) is 0.226. The van der Waals surface area contributed by atoms with E-state index in [1.807, 2.05) is 22.8 Å². The number of hydrogen-bond acceptors (Lipinski definition) is 7. The van der Waals surface area contributed by atoms with Crippen LogP contribution >= 0.6 is 23.1 Å². The maximum atomic E-state index is 11.6. The number of allylic oxidation sites excluding steroid dienone is 2. The van der Waals surface area contributed by atoms with Gasteiger partial charge in [0.15, 0.2) is 6.54 Å². The zero-order valence-corrected chi connectivity index (χ0v) is 25.2. The van der Waals surface area contributed by atoms with Gasteiger partial charge in [0, 0.05) is 35.8 Å². The third kappa shape index (κ3) is 6.56. The monoisotopic (exact) mass is 606 g/mol. The largest absolute Gasteiger partial charge is 0.748 e. The molecule has 0 unspecified atom stereocenters. The molecule has 1 aliphatic heterocycles. The Bertz CT molecular complexity index is 1780. The Morgan fingerprint density at radius 1 is 1.05 bits per heavy atom. The van der Waals surface area contributed by atoms with Crippen molar-refractivity contribution in [1.82, 2.24) is 0 Å². The van der Waals surface area contributed by atoms with Crippen LogP contribution in [0.4, 0.5) is 5.69 Å². The lowest BCUT2D eigenvalue weighted by Crippen LogP contribution is -2.36. The Morgan fingerprint density at radius 3 is 2.51 bits per heavy atom. The maximum Gasteiger partial charge on any atom is 0.335 e. The first-order valence-electron chi connectivity index (χ1n) is 13.4. The summed E-state index contributed by atoms with van der Waals surface area (Å²) in [6, 6.07) is 21.8. The van der Waals surface area contributed by atoms with E-state index in [-0.39, 0.29) is 18.5 Å². The topological polar surface area (TPSA) is 102 Å². The summed E-state index contributed by atoms with van der Waals surface area (Å²) in [5.74, 6) is -1.51. The second kappa shape index (κ2) is 12.2. The average molecular weight is 607 g/mol. The molecule has 1 N–H and O–H groups in total. The van der Waals surface area contributed by atoms with Crippen molar-refractivity contribution in [3.05, 3.63) is 94.0 Å². The molecule has 5 rings (SSSR count). The highest BCUT2D eigenvalue weighted by Crippen LogP contribution is 2.47. The first-order chi connectivity index (χ1) is 19.7. The lowest BCUT2D eigenvalue weighted by atomic mass is 10.0. The van der Waals surface area contributed by atoms with Crippen LogP contribution in [-0.4, -0.2) is 36.3 Å². The quantitative estimate of drug-likeness (QED) is 0.157. The first kappa shape index (κ1) is 29.1. The molecular formula is C31H30N2O5S3. The van der Waals surface area contributed by atoms with Crippen LogP contribution in [0.15, 0.2) is 88.3 Å². The summed E-state index contributed by atoms with van der Waals surface area (Å²) in [6.45, 7) is 5.32. The third-order valence-corrected chi connectivity index (χ3v) is 9.95. The van der Waals surface area contributed by atoms with Gasteiger partial charge in [-0.3, -0.25) is 0 Å². The number of benzene rings is 3. The number of hydrogen-bond donors (Lipinski definition) is 1. The Kier molecular flexibility index (Phi) is 8.65. The number of aromatic carboxylic acids is 1. The van der Waals surface area contributed by atoms with Crippen molar-refractivity contribution in [3.63, 3.8) is 0 Å². The standard InChI is InChI=1S/C31H30N2O5S3/c1-3-21(17-29-32(4-2)25-19-23(11-13-27(25)39-29)22-9-6-5-7-10-22)18-30-33(15-8-16-41(36,37)38)26-20-24(31(34)35)12-14-28(26)40-30/h5-7,9-14,17-20H,3-4,8,15-16H2,1-2H3,(H-,34,35,36,37,38). The van der Waals surface area contributed by atoms with Crippen LogP contribution in [0.2, 0.25) is 0 Å². The van der Waals surface area contributed by atoms with Crippen LogP contribution < -0.4 is 9.47 Å². The van der Waals surface area contributed by atoms with Crippen molar-refractivity contribution in [2.45, 2.75) is 38.1 Å². The highest BCUT2D eigenvalue weighted by molar-refractivity contribution is 8.03. The van der Waals surface area contributed by atoms with Gasteiger partial charge < -0.3 is 14.6 Å². The third-order valence-electron chi connectivity index (χ3n) is 6.93. The Hall–Kier alpha value is -3.44. The second-order valence-corrected chi connectivity index (χ2v) is 13.3. The fourth-order valence-corrected chi connectivity index (χ4v) is 7.69. The lowest BCUT2D eigenvalue weighted by molar-refractivity contribution is -0.668. The number of thioether (sulfide) groups is 1. The van der Waals surface area contributed by atoms with Crippen LogP contribution in [0.5, 0.6) is 0 Å².